The Hall–Kier alpha value is -4.85. The summed E-state index contributed by atoms with van der Waals surface area (Å²) in [5.74, 6) is -0.610. The Labute approximate surface area is 256 Å². The highest BCUT2D eigenvalue weighted by Gasteiger charge is 2.37. The number of hydrogen-bond acceptors (Lipinski definition) is 8. The molecule has 1 heterocycles. The predicted octanol–water partition coefficient (Wildman–Crippen LogP) is 3.76. The van der Waals surface area contributed by atoms with Gasteiger partial charge in [0.05, 0.1) is 24.7 Å². The minimum atomic E-state index is -4.77. The first-order chi connectivity index (χ1) is 20.9. The Bertz CT molecular complexity index is 1650. The van der Waals surface area contributed by atoms with E-state index in [1.165, 1.54) is 19.1 Å². The monoisotopic (exact) mass is 624 g/mol. The quantitative estimate of drug-likeness (QED) is 0.182. The number of ether oxygens (including phenoxy) is 2. The van der Waals surface area contributed by atoms with Gasteiger partial charge >= 0.3 is 22.3 Å². The number of carbonyl (C=O) groups is 2. The van der Waals surface area contributed by atoms with Crippen LogP contribution in [0.1, 0.15) is 37.8 Å². The number of piperidine rings is 1. The number of fused-ring (bicyclic) bond motifs is 1. The van der Waals surface area contributed by atoms with Crippen LogP contribution in [0, 0.1) is 10.8 Å². The molecule has 0 radical (unpaired) electrons. The van der Waals surface area contributed by atoms with Gasteiger partial charge in [-0.3, -0.25) is 15.6 Å². The number of carboxylic acids is 1. The molecule has 44 heavy (non-hydrogen) atoms. The molecule has 0 saturated carbocycles. The molecule has 4 rings (SSSR count). The van der Waals surface area contributed by atoms with E-state index >= 15 is 0 Å². The molecule has 1 amide bonds. The van der Waals surface area contributed by atoms with Crippen molar-refractivity contribution in [2.75, 3.05) is 30.5 Å². The molecular weight excluding hydrogens is 588 g/mol. The van der Waals surface area contributed by atoms with Gasteiger partial charge in [0.1, 0.15) is 24.2 Å². The first-order valence-electron chi connectivity index (χ1n) is 14.0. The molecule has 1 fully saturated rings. The summed E-state index contributed by atoms with van der Waals surface area (Å²) in [5, 5.41) is 26.6. The Morgan fingerprint density at radius 2 is 1.68 bits per heavy atom. The summed E-state index contributed by atoms with van der Waals surface area (Å²) in [4.78, 5) is 26.3. The van der Waals surface area contributed by atoms with Crippen LogP contribution in [0.5, 0.6) is 5.75 Å². The summed E-state index contributed by atoms with van der Waals surface area (Å²) in [6.45, 7) is 3.11. The lowest BCUT2D eigenvalue weighted by molar-refractivity contribution is -0.137. The van der Waals surface area contributed by atoms with E-state index in [1.54, 1.807) is 55.5 Å². The third-order valence-electron chi connectivity index (χ3n) is 7.19. The summed E-state index contributed by atoms with van der Waals surface area (Å²) < 4.78 is 40.1. The van der Waals surface area contributed by atoms with Gasteiger partial charge in [-0.2, -0.15) is 12.7 Å². The van der Waals surface area contributed by atoms with Gasteiger partial charge in [-0.15, -0.1) is 0 Å². The molecule has 13 nitrogen and oxygen atoms in total. The number of carbonyl (C=O) groups excluding carboxylic acids is 1. The van der Waals surface area contributed by atoms with Gasteiger partial charge in [-0.05, 0) is 66.6 Å². The van der Waals surface area contributed by atoms with E-state index < -0.39 is 28.8 Å². The topological polar surface area (TPSA) is 190 Å². The van der Waals surface area contributed by atoms with Gasteiger partial charge < -0.3 is 25.2 Å². The van der Waals surface area contributed by atoms with E-state index in [-0.39, 0.29) is 35.1 Å². The van der Waals surface area contributed by atoms with Crippen LogP contribution in [0.2, 0.25) is 0 Å². The summed E-state index contributed by atoms with van der Waals surface area (Å²) in [7, 11) is -4.77. The number of amidine groups is 2. The van der Waals surface area contributed by atoms with Crippen LogP contribution in [0.25, 0.3) is 10.8 Å². The number of nitrogen functional groups attached to an aromatic ring is 1. The number of carboxylic acid groups (broad SMARTS) is 1. The summed E-state index contributed by atoms with van der Waals surface area (Å²) in [6, 6.07) is 16.8. The maximum Gasteiger partial charge on any atom is 0.425 e. The van der Waals surface area contributed by atoms with Crippen molar-refractivity contribution in [3.05, 3.63) is 71.8 Å². The minimum absolute atomic E-state index is 0.0661. The van der Waals surface area contributed by atoms with Gasteiger partial charge in [0.25, 0.3) is 0 Å². The van der Waals surface area contributed by atoms with Crippen molar-refractivity contribution in [3.8, 4) is 5.75 Å². The fraction of sp³-hybridized carbons (Fsp3) is 0.333. The molecule has 0 bridgehead atoms. The zero-order valence-corrected chi connectivity index (χ0v) is 25.3. The zero-order valence-electron chi connectivity index (χ0n) is 24.5. The normalized spacial score (nSPS) is 13.7. The maximum absolute atomic E-state index is 14.0. The van der Waals surface area contributed by atoms with Crippen molar-refractivity contribution in [2.24, 2.45) is 5.73 Å². The molecule has 14 heteroatoms. The molecule has 0 spiro atoms. The smallest absolute Gasteiger partial charge is 0.425 e. The van der Waals surface area contributed by atoms with E-state index in [9.17, 15) is 23.1 Å². The predicted molar refractivity (Wildman–Crippen MR) is 166 cm³/mol. The Balaban J connectivity index is 1.68. The van der Waals surface area contributed by atoms with Gasteiger partial charge in [0.2, 0.25) is 0 Å². The van der Waals surface area contributed by atoms with Crippen LogP contribution in [0.3, 0.4) is 0 Å². The van der Waals surface area contributed by atoms with E-state index in [4.69, 9.17) is 26.0 Å². The minimum Gasteiger partial charge on any atom is -0.490 e. The molecule has 1 aliphatic heterocycles. The lowest BCUT2D eigenvalue weighted by Gasteiger charge is -2.33. The van der Waals surface area contributed by atoms with E-state index in [2.05, 4.69) is 0 Å². The van der Waals surface area contributed by atoms with Crippen molar-refractivity contribution in [3.63, 3.8) is 0 Å². The number of nitrogens with two attached hydrogens (primary N) is 1. The number of rotatable bonds is 11. The molecule has 1 aliphatic rings. The van der Waals surface area contributed by atoms with Crippen molar-refractivity contribution in [1.82, 2.24) is 9.21 Å². The molecule has 1 saturated heterocycles. The molecular formula is C30H36N6O7S. The van der Waals surface area contributed by atoms with E-state index in [1.807, 2.05) is 4.90 Å². The Kier molecular flexibility index (Phi) is 9.94. The lowest BCUT2D eigenvalue weighted by Crippen LogP contribution is -2.49. The van der Waals surface area contributed by atoms with Crippen LogP contribution in [-0.2, 0) is 26.3 Å². The molecule has 0 aromatic heterocycles. The van der Waals surface area contributed by atoms with E-state index in [0.717, 1.165) is 22.5 Å². The highest BCUT2D eigenvalue weighted by atomic mass is 32.2. The molecule has 3 aromatic rings. The number of hydrogen-bond donors (Lipinski definition) is 4. The van der Waals surface area contributed by atoms with Crippen molar-refractivity contribution >= 4 is 50.4 Å². The second kappa shape index (κ2) is 13.6. The van der Waals surface area contributed by atoms with Gasteiger partial charge in [0.15, 0.2) is 0 Å². The van der Waals surface area contributed by atoms with Crippen LogP contribution in [0.15, 0.2) is 60.7 Å². The van der Waals surface area contributed by atoms with Crippen LogP contribution in [0.4, 0.5) is 10.5 Å². The van der Waals surface area contributed by atoms with Gasteiger partial charge in [-0.1, -0.05) is 24.3 Å². The number of amides is 1. The molecule has 0 aliphatic carbocycles. The molecule has 234 valence electrons. The standard InChI is InChI=1S/C30H36N6O7S/c1-3-42-30(39)36(19-28(37)38)44(40,41)35(18-21-4-5-22-6-7-23(29(32)33)17-24(22)16-21)25-8-10-26(11-9-25)43-27-12-14-34(15-13-27)20(2)31/h4-11,16-17,27,31H,3,12-15,18-19H2,1-2H3,(H3,32,33)(H,37,38). The van der Waals surface area contributed by atoms with Crippen LogP contribution >= 0.6 is 0 Å². The first-order valence-corrected chi connectivity index (χ1v) is 15.4. The largest absolute Gasteiger partial charge is 0.490 e. The fourth-order valence-electron chi connectivity index (χ4n) is 4.90. The number of anilines is 1. The van der Waals surface area contributed by atoms with Crippen molar-refractivity contribution in [1.29, 1.82) is 10.8 Å². The summed E-state index contributed by atoms with van der Waals surface area (Å²) >= 11 is 0. The Morgan fingerprint density at radius 3 is 2.27 bits per heavy atom. The van der Waals surface area contributed by atoms with Gasteiger partial charge in [-0.25, -0.2) is 9.10 Å². The maximum atomic E-state index is 14.0. The molecule has 0 unspecified atom stereocenters. The SMILES string of the molecule is CCOC(=O)N(CC(=O)O)S(=O)(=O)N(Cc1ccc2ccc(C(=N)N)cc2c1)c1ccc(OC2CCN(C(C)=N)CC2)cc1. The molecule has 3 aromatic carbocycles. The molecule has 0 atom stereocenters. The van der Waals surface area contributed by atoms with Crippen LogP contribution < -0.4 is 14.8 Å². The second-order valence-corrected chi connectivity index (χ2v) is 12.1. The van der Waals surface area contributed by atoms with Crippen LogP contribution in [-0.4, -0.2) is 78.8 Å². The number of likely N-dealkylation sites (tertiary alicyclic amines) is 1. The number of aliphatic carboxylic acids is 1. The average Bonchev–Trinajstić information content (AvgIpc) is 2.99. The van der Waals surface area contributed by atoms with Crippen molar-refractivity contribution < 1.29 is 32.6 Å². The fourth-order valence-corrected chi connectivity index (χ4v) is 6.36. The second-order valence-electron chi connectivity index (χ2n) is 10.3. The first kappa shape index (κ1) is 32.1. The highest BCUT2D eigenvalue weighted by Crippen LogP contribution is 2.29. The summed E-state index contributed by atoms with van der Waals surface area (Å²) in [6.07, 6.45) is 0.0879. The number of nitrogens with one attached hydrogen (secondary N) is 2. The number of nitrogens with zero attached hydrogens (tertiary/aromatic N) is 3. The Morgan fingerprint density at radius 1 is 1.02 bits per heavy atom. The summed E-state index contributed by atoms with van der Waals surface area (Å²) in [5.41, 5.74) is 6.86. The molecule has 5 N–H and O–H groups in total. The zero-order chi connectivity index (χ0) is 32.0. The average molecular weight is 625 g/mol. The van der Waals surface area contributed by atoms with E-state index in [0.29, 0.717) is 41.2 Å². The third kappa shape index (κ3) is 7.56. The highest BCUT2D eigenvalue weighted by molar-refractivity contribution is 7.91. The van der Waals surface area contributed by atoms with Gasteiger partial charge in [0, 0.05) is 31.5 Å². The number of benzene rings is 3. The lowest BCUT2D eigenvalue weighted by atomic mass is 10.0. The van der Waals surface area contributed by atoms with Crippen molar-refractivity contribution in [2.45, 2.75) is 39.3 Å². The third-order valence-corrected chi connectivity index (χ3v) is 8.93.